The molecule has 0 spiro atoms. The van der Waals surface area contributed by atoms with Crippen LogP contribution in [0.4, 0.5) is 4.79 Å². The lowest BCUT2D eigenvalue weighted by Gasteiger charge is -2.23. The Bertz CT molecular complexity index is 503. The van der Waals surface area contributed by atoms with Gasteiger partial charge in [-0.05, 0) is 40.5 Å². The molecule has 90 valence electrons. The normalized spacial score (nSPS) is 19.7. The van der Waals surface area contributed by atoms with Crippen molar-refractivity contribution < 1.29 is 4.79 Å². The first kappa shape index (κ1) is 12.4. The molecule has 0 saturated carbocycles. The monoisotopic (exact) mass is 315 g/mol. The standard InChI is InChI=1S/C11H11BrClN3O/c1-2-16-9(10(14)15-11(16)17)6-3-4-7(12)8(13)5-6/h3-5,9H,2H2,1H3,(H2,14,15,17). The highest BCUT2D eigenvalue weighted by molar-refractivity contribution is 9.10. The molecule has 6 heteroatoms. The van der Waals surface area contributed by atoms with Crippen molar-refractivity contribution in [1.29, 1.82) is 0 Å². The molecule has 1 aliphatic heterocycles. The van der Waals surface area contributed by atoms with Crippen molar-refractivity contribution in [2.75, 3.05) is 6.54 Å². The van der Waals surface area contributed by atoms with Crippen molar-refractivity contribution in [2.45, 2.75) is 13.0 Å². The van der Waals surface area contributed by atoms with Crippen LogP contribution in [0, 0.1) is 0 Å². The Balaban J connectivity index is 2.42. The van der Waals surface area contributed by atoms with E-state index in [4.69, 9.17) is 17.3 Å². The number of carbonyl (C=O) groups excluding carboxylic acids is 1. The minimum Gasteiger partial charge on any atom is -0.385 e. The van der Waals surface area contributed by atoms with Crippen LogP contribution < -0.4 is 5.73 Å². The maximum absolute atomic E-state index is 11.6. The van der Waals surface area contributed by atoms with Crippen LogP contribution in [-0.4, -0.2) is 23.3 Å². The van der Waals surface area contributed by atoms with Crippen LogP contribution in [0.25, 0.3) is 0 Å². The molecule has 4 nitrogen and oxygen atoms in total. The summed E-state index contributed by atoms with van der Waals surface area (Å²) in [6, 6.07) is 4.90. The molecule has 0 bridgehead atoms. The van der Waals surface area contributed by atoms with E-state index in [0.717, 1.165) is 10.0 Å². The van der Waals surface area contributed by atoms with Gasteiger partial charge in [-0.1, -0.05) is 17.7 Å². The van der Waals surface area contributed by atoms with E-state index in [1.54, 1.807) is 11.0 Å². The van der Waals surface area contributed by atoms with Crippen LogP contribution >= 0.6 is 27.5 Å². The summed E-state index contributed by atoms with van der Waals surface area (Å²) < 4.78 is 0.811. The third-order valence-corrected chi connectivity index (χ3v) is 3.89. The average molecular weight is 317 g/mol. The van der Waals surface area contributed by atoms with E-state index >= 15 is 0 Å². The maximum atomic E-state index is 11.6. The molecule has 1 aliphatic rings. The molecule has 17 heavy (non-hydrogen) atoms. The largest absolute Gasteiger partial charge is 0.385 e. The molecule has 2 rings (SSSR count). The molecule has 2 amide bonds. The summed E-state index contributed by atoms with van der Waals surface area (Å²) >= 11 is 9.36. The van der Waals surface area contributed by atoms with Gasteiger partial charge in [0.2, 0.25) is 0 Å². The predicted molar refractivity (Wildman–Crippen MR) is 71.3 cm³/mol. The van der Waals surface area contributed by atoms with Gasteiger partial charge in [-0.3, -0.25) is 0 Å². The number of halogens is 2. The summed E-state index contributed by atoms with van der Waals surface area (Å²) in [5, 5.41) is 0.589. The van der Waals surface area contributed by atoms with Crippen molar-refractivity contribution in [2.24, 2.45) is 10.7 Å². The number of rotatable bonds is 2. The zero-order valence-electron chi connectivity index (χ0n) is 9.15. The Morgan fingerprint density at radius 2 is 2.29 bits per heavy atom. The minimum atomic E-state index is -0.307. The molecule has 2 N–H and O–H groups in total. The van der Waals surface area contributed by atoms with E-state index < -0.39 is 0 Å². The fraction of sp³-hybridized carbons (Fsp3) is 0.273. The fourth-order valence-electron chi connectivity index (χ4n) is 1.86. The number of nitrogens with two attached hydrogens (primary N) is 1. The Labute approximate surface area is 113 Å². The lowest BCUT2D eigenvalue weighted by Crippen LogP contribution is -2.33. The van der Waals surface area contributed by atoms with Gasteiger partial charge < -0.3 is 10.6 Å². The van der Waals surface area contributed by atoms with Crippen LogP contribution in [0.5, 0.6) is 0 Å². The predicted octanol–water partition coefficient (Wildman–Crippen LogP) is 2.96. The number of likely N-dealkylation sites (N-methyl/N-ethyl adjacent to an activating group) is 1. The van der Waals surface area contributed by atoms with E-state index in [-0.39, 0.29) is 12.1 Å². The Morgan fingerprint density at radius 1 is 1.59 bits per heavy atom. The van der Waals surface area contributed by atoms with Crippen molar-refractivity contribution in [3.8, 4) is 0 Å². The summed E-state index contributed by atoms with van der Waals surface area (Å²) in [5.74, 6) is 0.315. The highest BCUT2D eigenvalue weighted by Crippen LogP contribution is 2.31. The first-order valence-electron chi connectivity index (χ1n) is 5.14. The van der Waals surface area contributed by atoms with Gasteiger partial charge in [-0.15, -0.1) is 0 Å². The molecule has 0 radical (unpaired) electrons. The van der Waals surface area contributed by atoms with Crippen molar-refractivity contribution >= 4 is 39.4 Å². The van der Waals surface area contributed by atoms with E-state index in [1.165, 1.54) is 0 Å². The fourth-order valence-corrected chi connectivity index (χ4v) is 2.29. The van der Waals surface area contributed by atoms with Gasteiger partial charge in [0.25, 0.3) is 0 Å². The molecule has 0 saturated heterocycles. The van der Waals surface area contributed by atoms with Gasteiger partial charge in [-0.25, -0.2) is 4.79 Å². The SMILES string of the molecule is CCN1C(=O)N=C(N)C1c1ccc(Br)c(Cl)c1. The van der Waals surface area contributed by atoms with Gasteiger partial charge in [-0.2, -0.15) is 4.99 Å². The van der Waals surface area contributed by atoms with Crippen molar-refractivity contribution in [3.63, 3.8) is 0 Å². The number of amides is 2. The summed E-state index contributed by atoms with van der Waals surface area (Å²) in [5.41, 5.74) is 6.66. The zero-order valence-corrected chi connectivity index (χ0v) is 11.5. The van der Waals surface area contributed by atoms with Gasteiger partial charge in [0, 0.05) is 11.0 Å². The van der Waals surface area contributed by atoms with E-state index in [2.05, 4.69) is 20.9 Å². The Morgan fingerprint density at radius 3 is 2.88 bits per heavy atom. The topological polar surface area (TPSA) is 58.7 Å². The van der Waals surface area contributed by atoms with Gasteiger partial charge in [0.15, 0.2) is 0 Å². The second-order valence-corrected chi connectivity index (χ2v) is 4.94. The Kier molecular flexibility index (Phi) is 3.40. The maximum Gasteiger partial charge on any atom is 0.346 e. The van der Waals surface area contributed by atoms with Crippen LogP contribution in [0.2, 0.25) is 5.02 Å². The first-order valence-corrected chi connectivity index (χ1v) is 6.31. The molecule has 1 aromatic carbocycles. The molecule has 1 atom stereocenters. The first-order chi connectivity index (χ1) is 8.04. The van der Waals surface area contributed by atoms with Crippen LogP contribution in [0.15, 0.2) is 27.7 Å². The number of amidine groups is 1. The summed E-state index contributed by atoms with van der Waals surface area (Å²) in [6.45, 7) is 2.45. The number of nitrogens with zero attached hydrogens (tertiary/aromatic N) is 2. The molecule has 0 aliphatic carbocycles. The third-order valence-electron chi connectivity index (χ3n) is 2.66. The van der Waals surface area contributed by atoms with E-state index in [0.29, 0.717) is 17.4 Å². The highest BCUT2D eigenvalue weighted by Gasteiger charge is 2.33. The van der Waals surface area contributed by atoms with Crippen LogP contribution in [0.1, 0.15) is 18.5 Å². The van der Waals surface area contributed by atoms with Gasteiger partial charge in [0.1, 0.15) is 11.9 Å². The third kappa shape index (κ3) is 2.17. The van der Waals surface area contributed by atoms with Crippen LogP contribution in [-0.2, 0) is 0 Å². The summed E-state index contributed by atoms with van der Waals surface area (Å²) in [6.07, 6.45) is 0. The van der Waals surface area contributed by atoms with E-state index in [1.807, 2.05) is 19.1 Å². The molecule has 0 aromatic heterocycles. The number of urea groups is 1. The number of aliphatic imine (C=N–C) groups is 1. The number of hydrogen-bond acceptors (Lipinski definition) is 2. The molecule has 1 aromatic rings. The molecule has 0 fully saturated rings. The smallest absolute Gasteiger partial charge is 0.346 e. The Hall–Kier alpha value is -1.07. The molecular weight excluding hydrogens is 305 g/mol. The summed E-state index contributed by atoms with van der Waals surface area (Å²) in [4.78, 5) is 17.0. The second-order valence-electron chi connectivity index (χ2n) is 3.68. The molecule has 1 unspecified atom stereocenters. The highest BCUT2D eigenvalue weighted by atomic mass is 79.9. The van der Waals surface area contributed by atoms with Gasteiger partial charge >= 0.3 is 6.03 Å². The van der Waals surface area contributed by atoms with Crippen LogP contribution in [0.3, 0.4) is 0 Å². The van der Waals surface area contributed by atoms with Crippen molar-refractivity contribution in [3.05, 3.63) is 33.3 Å². The average Bonchev–Trinajstić information content (AvgIpc) is 2.57. The van der Waals surface area contributed by atoms with Gasteiger partial charge in [0.05, 0.1) is 5.02 Å². The lowest BCUT2D eigenvalue weighted by molar-refractivity contribution is 0.210. The molecular formula is C11H11BrClN3O. The zero-order chi connectivity index (χ0) is 12.6. The number of benzene rings is 1. The molecule has 1 heterocycles. The quantitative estimate of drug-likeness (QED) is 0.912. The number of hydrogen-bond donors (Lipinski definition) is 1. The number of carbonyl (C=O) groups is 1. The van der Waals surface area contributed by atoms with E-state index in [9.17, 15) is 4.79 Å². The second kappa shape index (κ2) is 4.66. The van der Waals surface area contributed by atoms with Crippen molar-refractivity contribution in [1.82, 2.24) is 4.90 Å². The minimum absolute atomic E-state index is 0.297. The summed E-state index contributed by atoms with van der Waals surface area (Å²) in [7, 11) is 0. The lowest BCUT2D eigenvalue weighted by atomic mass is 10.1.